The zero-order valence-corrected chi connectivity index (χ0v) is 12.4. The summed E-state index contributed by atoms with van der Waals surface area (Å²) >= 11 is 0. The van der Waals surface area contributed by atoms with E-state index in [1.807, 2.05) is 24.3 Å². The van der Waals surface area contributed by atoms with Crippen molar-refractivity contribution in [2.45, 2.75) is 26.2 Å². The fourth-order valence-electron chi connectivity index (χ4n) is 2.32. The molecule has 0 saturated heterocycles. The van der Waals surface area contributed by atoms with Gasteiger partial charge in [-0.2, -0.15) is 0 Å². The average Bonchev–Trinajstić information content (AvgIpc) is 3.24. The van der Waals surface area contributed by atoms with Gasteiger partial charge in [0, 0.05) is 38.1 Å². The zero-order valence-electron chi connectivity index (χ0n) is 12.4. The van der Waals surface area contributed by atoms with Crippen LogP contribution in [0.3, 0.4) is 0 Å². The van der Waals surface area contributed by atoms with Crippen LogP contribution in [0.1, 0.15) is 36.5 Å². The minimum atomic E-state index is 0.0109. The molecular weight excluding hydrogens is 252 g/mol. The van der Waals surface area contributed by atoms with Gasteiger partial charge in [-0.25, -0.2) is 0 Å². The van der Waals surface area contributed by atoms with E-state index in [1.54, 1.807) is 7.11 Å². The van der Waals surface area contributed by atoms with E-state index in [-0.39, 0.29) is 11.3 Å². The third-order valence-corrected chi connectivity index (χ3v) is 3.95. The highest BCUT2D eigenvalue weighted by molar-refractivity contribution is 5.94. The van der Waals surface area contributed by atoms with Gasteiger partial charge in [-0.1, -0.05) is 0 Å². The Bertz CT molecular complexity index is 438. The molecule has 0 aromatic heterocycles. The zero-order chi connectivity index (χ0) is 14.4. The topological polar surface area (TPSA) is 50.4 Å². The number of hydrogen-bond acceptors (Lipinski definition) is 3. The second-order valence-electron chi connectivity index (χ2n) is 5.53. The van der Waals surface area contributed by atoms with Crippen molar-refractivity contribution in [2.75, 3.05) is 32.1 Å². The first-order chi connectivity index (χ1) is 9.69. The number of carbonyl (C=O) groups is 1. The number of anilines is 1. The SMILES string of the molecule is CCNc1ccc(C(=O)NCC2(CCOC)CC2)cc1. The molecule has 2 rings (SSSR count). The normalized spacial score (nSPS) is 15.7. The summed E-state index contributed by atoms with van der Waals surface area (Å²) in [4.78, 5) is 12.1. The van der Waals surface area contributed by atoms with Crippen molar-refractivity contribution >= 4 is 11.6 Å². The van der Waals surface area contributed by atoms with Gasteiger partial charge in [-0.05, 0) is 55.9 Å². The van der Waals surface area contributed by atoms with E-state index in [2.05, 4.69) is 17.6 Å². The summed E-state index contributed by atoms with van der Waals surface area (Å²) in [5, 5.41) is 6.26. The summed E-state index contributed by atoms with van der Waals surface area (Å²) in [7, 11) is 1.72. The summed E-state index contributed by atoms with van der Waals surface area (Å²) in [6.07, 6.45) is 3.41. The van der Waals surface area contributed by atoms with Crippen LogP contribution in [0.4, 0.5) is 5.69 Å². The first kappa shape index (κ1) is 14.9. The maximum atomic E-state index is 12.1. The maximum Gasteiger partial charge on any atom is 0.251 e. The number of ether oxygens (including phenoxy) is 1. The van der Waals surface area contributed by atoms with E-state index < -0.39 is 0 Å². The van der Waals surface area contributed by atoms with Gasteiger partial charge in [-0.15, -0.1) is 0 Å². The van der Waals surface area contributed by atoms with E-state index in [0.29, 0.717) is 5.56 Å². The first-order valence-corrected chi connectivity index (χ1v) is 7.30. The van der Waals surface area contributed by atoms with Crippen molar-refractivity contribution in [2.24, 2.45) is 5.41 Å². The van der Waals surface area contributed by atoms with E-state index in [1.165, 1.54) is 12.8 Å². The van der Waals surface area contributed by atoms with Crippen molar-refractivity contribution in [3.8, 4) is 0 Å². The predicted octanol–water partition coefficient (Wildman–Crippen LogP) is 2.66. The van der Waals surface area contributed by atoms with E-state index >= 15 is 0 Å². The Labute approximate surface area is 120 Å². The molecule has 0 atom stereocenters. The van der Waals surface area contributed by atoms with Crippen LogP contribution in [0.25, 0.3) is 0 Å². The van der Waals surface area contributed by atoms with Crippen LogP contribution in [0.15, 0.2) is 24.3 Å². The molecule has 0 radical (unpaired) electrons. The molecule has 0 spiro atoms. The lowest BCUT2D eigenvalue weighted by Gasteiger charge is -2.15. The molecule has 0 bridgehead atoms. The van der Waals surface area contributed by atoms with E-state index in [0.717, 1.165) is 31.8 Å². The Kier molecular flexibility index (Phi) is 5.01. The van der Waals surface area contributed by atoms with Gasteiger partial charge in [-0.3, -0.25) is 4.79 Å². The smallest absolute Gasteiger partial charge is 0.251 e. The van der Waals surface area contributed by atoms with Gasteiger partial charge in [0.15, 0.2) is 0 Å². The molecule has 1 saturated carbocycles. The first-order valence-electron chi connectivity index (χ1n) is 7.30. The molecule has 0 unspecified atom stereocenters. The number of benzene rings is 1. The minimum absolute atomic E-state index is 0.0109. The standard InChI is InChI=1S/C16H24N2O2/c1-3-17-14-6-4-13(5-7-14)15(19)18-12-16(8-9-16)10-11-20-2/h4-7,17H,3,8-12H2,1-2H3,(H,18,19). The van der Waals surface area contributed by atoms with Gasteiger partial charge in [0.05, 0.1) is 0 Å². The number of nitrogens with one attached hydrogen (secondary N) is 2. The number of hydrogen-bond donors (Lipinski definition) is 2. The second kappa shape index (κ2) is 6.75. The second-order valence-corrected chi connectivity index (χ2v) is 5.53. The van der Waals surface area contributed by atoms with Crippen LogP contribution in [-0.2, 0) is 4.74 Å². The Hall–Kier alpha value is -1.55. The molecule has 1 aromatic carbocycles. The number of amides is 1. The van der Waals surface area contributed by atoms with Crippen LogP contribution < -0.4 is 10.6 Å². The molecule has 110 valence electrons. The van der Waals surface area contributed by atoms with Crippen molar-refractivity contribution < 1.29 is 9.53 Å². The summed E-state index contributed by atoms with van der Waals surface area (Å²) in [6.45, 7) is 4.46. The summed E-state index contributed by atoms with van der Waals surface area (Å²) in [5.41, 5.74) is 2.05. The molecule has 0 heterocycles. The Morgan fingerprint density at radius 1 is 1.30 bits per heavy atom. The molecule has 0 aliphatic heterocycles. The van der Waals surface area contributed by atoms with Gasteiger partial charge >= 0.3 is 0 Å². The monoisotopic (exact) mass is 276 g/mol. The Balaban J connectivity index is 1.82. The lowest BCUT2D eigenvalue weighted by molar-refractivity contribution is 0.0938. The van der Waals surface area contributed by atoms with Crippen LogP contribution in [0.2, 0.25) is 0 Å². The van der Waals surface area contributed by atoms with Gasteiger partial charge in [0.2, 0.25) is 0 Å². The van der Waals surface area contributed by atoms with Gasteiger partial charge < -0.3 is 15.4 Å². The van der Waals surface area contributed by atoms with Crippen LogP contribution in [-0.4, -0.2) is 32.7 Å². The quantitative estimate of drug-likeness (QED) is 0.767. The molecule has 1 fully saturated rings. The van der Waals surface area contributed by atoms with Crippen molar-refractivity contribution in [1.82, 2.24) is 5.32 Å². The predicted molar refractivity (Wildman–Crippen MR) is 81.1 cm³/mol. The molecule has 2 N–H and O–H groups in total. The molecule has 1 amide bonds. The van der Waals surface area contributed by atoms with Crippen LogP contribution in [0.5, 0.6) is 0 Å². The fourth-order valence-corrected chi connectivity index (χ4v) is 2.32. The molecule has 1 aliphatic carbocycles. The molecule has 20 heavy (non-hydrogen) atoms. The van der Waals surface area contributed by atoms with E-state index in [4.69, 9.17) is 4.74 Å². The maximum absolute atomic E-state index is 12.1. The Morgan fingerprint density at radius 3 is 2.55 bits per heavy atom. The van der Waals surface area contributed by atoms with Crippen molar-refractivity contribution in [1.29, 1.82) is 0 Å². The molecular formula is C16H24N2O2. The molecule has 4 heteroatoms. The third kappa shape index (κ3) is 3.97. The largest absolute Gasteiger partial charge is 0.385 e. The fraction of sp³-hybridized carbons (Fsp3) is 0.562. The lowest BCUT2D eigenvalue weighted by atomic mass is 10.0. The average molecular weight is 276 g/mol. The Morgan fingerprint density at radius 2 is 2.00 bits per heavy atom. The highest BCUT2D eigenvalue weighted by Crippen LogP contribution is 2.48. The van der Waals surface area contributed by atoms with Gasteiger partial charge in [0.25, 0.3) is 5.91 Å². The van der Waals surface area contributed by atoms with Crippen LogP contribution in [0, 0.1) is 5.41 Å². The number of methoxy groups -OCH3 is 1. The van der Waals surface area contributed by atoms with Gasteiger partial charge in [0.1, 0.15) is 0 Å². The highest BCUT2D eigenvalue weighted by atomic mass is 16.5. The lowest BCUT2D eigenvalue weighted by Crippen LogP contribution is -2.30. The summed E-state index contributed by atoms with van der Waals surface area (Å²) in [6, 6.07) is 7.61. The molecule has 1 aromatic rings. The third-order valence-electron chi connectivity index (χ3n) is 3.95. The molecule has 1 aliphatic rings. The minimum Gasteiger partial charge on any atom is -0.385 e. The van der Waals surface area contributed by atoms with E-state index in [9.17, 15) is 4.79 Å². The van der Waals surface area contributed by atoms with Crippen LogP contribution >= 0.6 is 0 Å². The highest BCUT2D eigenvalue weighted by Gasteiger charge is 2.42. The summed E-state index contributed by atoms with van der Waals surface area (Å²) < 4.78 is 5.13. The number of rotatable bonds is 8. The van der Waals surface area contributed by atoms with Crippen molar-refractivity contribution in [3.63, 3.8) is 0 Å². The number of carbonyl (C=O) groups excluding carboxylic acids is 1. The summed E-state index contributed by atoms with van der Waals surface area (Å²) in [5.74, 6) is 0.0109. The molecule has 4 nitrogen and oxygen atoms in total. The van der Waals surface area contributed by atoms with Crippen molar-refractivity contribution in [3.05, 3.63) is 29.8 Å².